The summed E-state index contributed by atoms with van der Waals surface area (Å²) in [6, 6.07) is 7.45. The summed E-state index contributed by atoms with van der Waals surface area (Å²) in [5, 5.41) is 2.53. The first-order valence-corrected chi connectivity index (χ1v) is 6.68. The van der Waals surface area contributed by atoms with E-state index in [1.165, 1.54) is 10.0 Å². The summed E-state index contributed by atoms with van der Waals surface area (Å²) in [5.74, 6) is 0. The molecule has 0 fully saturated rings. The van der Waals surface area contributed by atoms with Gasteiger partial charge in [0.05, 0.1) is 25.4 Å². The number of carbonyl (C=O) groups is 2. The van der Waals surface area contributed by atoms with E-state index in [9.17, 15) is 9.59 Å². The third kappa shape index (κ3) is 2.68. The molecule has 2 amide bonds. The van der Waals surface area contributed by atoms with Gasteiger partial charge in [-0.3, -0.25) is 0 Å². The highest BCUT2D eigenvalue weighted by Gasteiger charge is 2.34. The van der Waals surface area contributed by atoms with Crippen molar-refractivity contribution in [2.45, 2.75) is 20.3 Å². The SMILES string of the molecule is CCOC(=O)N1CCc2ccccc2N1C(=O)OCC. The van der Waals surface area contributed by atoms with Gasteiger partial charge in [-0.1, -0.05) is 18.2 Å². The van der Waals surface area contributed by atoms with E-state index in [1.807, 2.05) is 18.2 Å². The van der Waals surface area contributed by atoms with Crippen molar-refractivity contribution in [2.75, 3.05) is 24.8 Å². The van der Waals surface area contributed by atoms with Gasteiger partial charge in [-0.25, -0.2) is 14.6 Å². The molecule has 1 aliphatic heterocycles. The zero-order chi connectivity index (χ0) is 14.5. The van der Waals surface area contributed by atoms with Gasteiger partial charge in [-0.15, -0.1) is 0 Å². The van der Waals surface area contributed by atoms with Crippen molar-refractivity contribution in [1.29, 1.82) is 0 Å². The molecule has 6 heteroatoms. The number of anilines is 1. The van der Waals surface area contributed by atoms with Crippen LogP contribution in [0.25, 0.3) is 0 Å². The van der Waals surface area contributed by atoms with Crippen LogP contribution in [0.15, 0.2) is 24.3 Å². The maximum atomic E-state index is 12.1. The van der Waals surface area contributed by atoms with E-state index in [4.69, 9.17) is 9.47 Å². The minimum atomic E-state index is -0.576. The molecule has 0 bridgehead atoms. The molecule has 0 saturated heterocycles. The van der Waals surface area contributed by atoms with Crippen molar-refractivity contribution < 1.29 is 19.1 Å². The first-order chi connectivity index (χ1) is 9.69. The second kappa shape index (κ2) is 6.27. The first-order valence-electron chi connectivity index (χ1n) is 6.68. The fourth-order valence-corrected chi connectivity index (χ4v) is 2.14. The number of amides is 2. The Hall–Kier alpha value is -2.24. The summed E-state index contributed by atoms with van der Waals surface area (Å²) in [6.07, 6.45) is -0.451. The van der Waals surface area contributed by atoms with E-state index >= 15 is 0 Å². The van der Waals surface area contributed by atoms with Crippen LogP contribution in [0.4, 0.5) is 15.3 Å². The highest BCUT2D eigenvalue weighted by Crippen LogP contribution is 2.28. The summed E-state index contributed by atoms with van der Waals surface area (Å²) in [6.45, 7) is 4.34. The Labute approximate surface area is 117 Å². The maximum absolute atomic E-state index is 12.1. The standard InChI is InChI=1S/C14H18N2O4/c1-3-19-13(17)15-10-9-11-7-5-6-8-12(11)16(15)14(18)20-4-2/h5-8H,3-4,9-10H2,1-2H3. The van der Waals surface area contributed by atoms with Crippen molar-refractivity contribution in [3.8, 4) is 0 Å². The number of para-hydroxylation sites is 1. The van der Waals surface area contributed by atoms with Crippen LogP contribution in [-0.4, -0.2) is 37.0 Å². The molecule has 1 heterocycles. The molecule has 0 aliphatic carbocycles. The van der Waals surface area contributed by atoms with Gasteiger partial charge in [0, 0.05) is 0 Å². The second-order valence-corrected chi connectivity index (χ2v) is 4.21. The third-order valence-corrected chi connectivity index (χ3v) is 2.97. The van der Waals surface area contributed by atoms with E-state index in [1.54, 1.807) is 19.9 Å². The second-order valence-electron chi connectivity index (χ2n) is 4.21. The first kappa shape index (κ1) is 14.2. The van der Waals surface area contributed by atoms with Crippen LogP contribution in [0.5, 0.6) is 0 Å². The molecular formula is C14H18N2O4. The molecule has 0 spiro atoms. The molecule has 0 atom stereocenters. The Balaban J connectivity index is 2.34. The van der Waals surface area contributed by atoms with Gasteiger partial charge in [-0.05, 0) is 31.9 Å². The number of ether oxygens (including phenoxy) is 2. The molecule has 0 radical (unpaired) electrons. The fourth-order valence-electron chi connectivity index (χ4n) is 2.14. The summed E-state index contributed by atoms with van der Waals surface area (Å²) in [4.78, 5) is 24.1. The Morgan fingerprint density at radius 3 is 2.45 bits per heavy atom. The average Bonchev–Trinajstić information content (AvgIpc) is 2.46. The number of hydrogen-bond donors (Lipinski definition) is 0. The summed E-state index contributed by atoms with van der Waals surface area (Å²) in [5.41, 5.74) is 1.66. The normalized spacial score (nSPS) is 13.7. The van der Waals surface area contributed by atoms with Gasteiger partial charge in [-0.2, -0.15) is 5.01 Å². The van der Waals surface area contributed by atoms with Crippen molar-refractivity contribution in [2.24, 2.45) is 0 Å². The number of benzene rings is 1. The Bertz CT molecular complexity index is 504. The van der Waals surface area contributed by atoms with Crippen molar-refractivity contribution in [1.82, 2.24) is 5.01 Å². The predicted molar refractivity (Wildman–Crippen MR) is 73.4 cm³/mol. The number of fused-ring (bicyclic) bond motifs is 1. The van der Waals surface area contributed by atoms with Gasteiger partial charge in [0.1, 0.15) is 0 Å². The largest absolute Gasteiger partial charge is 0.448 e. The predicted octanol–water partition coefficient (Wildman–Crippen LogP) is 2.58. The van der Waals surface area contributed by atoms with Gasteiger partial charge < -0.3 is 9.47 Å². The molecule has 0 saturated carbocycles. The Kier molecular flexibility index (Phi) is 4.45. The van der Waals surface area contributed by atoms with Crippen LogP contribution < -0.4 is 5.01 Å². The van der Waals surface area contributed by atoms with E-state index < -0.39 is 12.2 Å². The lowest BCUT2D eigenvalue weighted by molar-refractivity contribution is 0.0902. The minimum absolute atomic E-state index is 0.244. The Morgan fingerprint density at radius 2 is 1.75 bits per heavy atom. The number of carbonyl (C=O) groups excluding carboxylic acids is 2. The molecule has 1 aliphatic rings. The zero-order valence-corrected chi connectivity index (χ0v) is 11.7. The molecule has 1 aromatic carbocycles. The van der Waals surface area contributed by atoms with E-state index in [-0.39, 0.29) is 13.2 Å². The van der Waals surface area contributed by atoms with Gasteiger partial charge in [0.15, 0.2) is 0 Å². The van der Waals surface area contributed by atoms with Crippen LogP contribution in [-0.2, 0) is 15.9 Å². The van der Waals surface area contributed by atoms with E-state index in [0.29, 0.717) is 18.7 Å². The monoisotopic (exact) mass is 278 g/mol. The number of nitrogens with zero attached hydrogens (tertiary/aromatic N) is 2. The molecule has 108 valence electrons. The highest BCUT2D eigenvalue weighted by molar-refractivity contribution is 5.92. The quantitative estimate of drug-likeness (QED) is 0.834. The van der Waals surface area contributed by atoms with E-state index in [0.717, 1.165) is 5.56 Å². The number of hydrogen-bond acceptors (Lipinski definition) is 4. The smallest absolute Gasteiger partial charge is 0.433 e. The fraction of sp³-hybridized carbons (Fsp3) is 0.429. The molecule has 0 N–H and O–H groups in total. The average molecular weight is 278 g/mol. The molecular weight excluding hydrogens is 260 g/mol. The number of hydrazine groups is 1. The van der Waals surface area contributed by atoms with Crippen molar-refractivity contribution in [3.63, 3.8) is 0 Å². The zero-order valence-electron chi connectivity index (χ0n) is 11.7. The third-order valence-electron chi connectivity index (χ3n) is 2.97. The van der Waals surface area contributed by atoms with Gasteiger partial charge in [0.2, 0.25) is 0 Å². The molecule has 6 nitrogen and oxygen atoms in total. The lowest BCUT2D eigenvalue weighted by atomic mass is 10.1. The van der Waals surface area contributed by atoms with E-state index in [2.05, 4.69) is 0 Å². The molecule has 0 aromatic heterocycles. The summed E-state index contributed by atoms with van der Waals surface area (Å²) >= 11 is 0. The maximum Gasteiger partial charge on any atom is 0.433 e. The molecule has 0 unspecified atom stereocenters. The Morgan fingerprint density at radius 1 is 1.10 bits per heavy atom. The van der Waals surface area contributed by atoms with Crippen LogP contribution in [0, 0.1) is 0 Å². The van der Waals surface area contributed by atoms with Crippen LogP contribution in [0.3, 0.4) is 0 Å². The topological polar surface area (TPSA) is 59.1 Å². The summed E-state index contributed by atoms with van der Waals surface area (Å²) < 4.78 is 10.0. The van der Waals surface area contributed by atoms with Crippen LogP contribution in [0.2, 0.25) is 0 Å². The molecule has 1 aromatic rings. The minimum Gasteiger partial charge on any atom is -0.448 e. The van der Waals surface area contributed by atoms with Gasteiger partial charge in [0.25, 0.3) is 0 Å². The molecule has 2 rings (SSSR count). The van der Waals surface area contributed by atoms with Crippen LogP contribution >= 0.6 is 0 Å². The lowest BCUT2D eigenvalue weighted by Gasteiger charge is -2.37. The van der Waals surface area contributed by atoms with Crippen LogP contribution in [0.1, 0.15) is 19.4 Å². The highest BCUT2D eigenvalue weighted by atomic mass is 16.6. The van der Waals surface area contributed by atoms with Crippen molar-refractivity contribution >= 4 is 17.9 Å². The number of rotatable bonds is 2. The molecule has 20 heavy (non-hydrogen) atoms. The van der Waals surface area contributed by atoms with Crippen molar-refractivity contribution in [3.05, 3.63) is 29.8 Å². The lowest BCUT2D eigenvalue weighted by Crippen LogP contribution is -2.53. The summed E-state index contributed by atoms with van der Waals surface area (Å²) in [7, 11) is 0. The van der Waals surface area contributed by atoms with Gasteiger partial charge >= 0.3 is 12.2 Å².